The molecule has 1 N–H and O–H groups in total. The zero-order valence-electron chi connectivity index (χ0n) is 13.0. The summed E-state index contributed by atoms with van der Waals surface area (Å²) in [6, 6.07) is 5.72. The van der Waals surface area contributed by atoms with E-state index in [-0.39, 0.29) is 17.3 Å². The average Bonchev–Trinajstić information content (AvgIpc) is 2.49. The van der Waals surface area contributed by atoms with Crippen LogP contribution in [0.15, 0.2) is 23.1 Å². The van der Waals surface area contributed by atoms with Gasteiger partial charge < -0.3 is 5.32 Å². The van der Waals surface area contributed by atoms with Gasteiger partial charge in [0, 0.05) is 19.1 Å². The molecule has 0 saturated carbocycles. The molecule has 0 spiro atoms. The Morgan fingerprint density at radius 2 is 1.95 bits per heavy atom. The van der Waals surface area contributed by atoms with Gasteiger partial charge in [0.1, 0.15) is 4.90 Å². The number of sulfonamides is 1. The van der Waals surface area contributed by atoms with Gasteiger partial charge in [0.25, 0.3) is 0 Å². The van der Waals surface area contributed by atoms with E-state index in [1.54, 1.807) is 16.4 Å². The summed E-state index contributed by atoms with van der Waals surface area (Å²) in [5, 5.41) is 3.52. The number of nitrogens with one attached hydrogen (secondary N) is 1. The van der Waals surface area contributed by atoms with Crippen molar-refractivity contribution in [3.8, 4) is 0 Å². The van der Waals surface area contributed by atoms with Crippen molar-refractivity contribution in [2.75, 3.05) is 20.1 Å². The Morgan fingerprint density at radius 1 is 1.32 bits per heavy atom. The molecule has 22 heavy (non-hydrogen) atoms. The number of rotatable bonds is 5. The third-order valence-electron chi connectivity index (χ3n) is 4.01. The van der Waals surface area contributed by atoms with E-state index < -0.39 is 10.0 Å². The third kappa shape index (κ3) is 4.36. The first-order valence-electron chi connectivity index (χ1n) is 7.45. The molecule has 126 valence electrons. The second-order valence-electron chi connectivity index (χ2n) is 5.48. The Kier molecular flexibility index (Phi) is 7.62. The van der Waals surface area contributed by atoms with Gasteiger partial charge in [-0.3, -0.25) is 0 Å². The van der Waals surface area contributed by atoms with Crippen LogP contribution in [0.3, 0.4) is 0 Å². The standard InChI is InChI=1S/C15H23ClN2O2S.ClH/c1-3-4-12-5-6-14(16)15(11-12)21(19,20)18-9-7-13(17-2)8-10-18;/h5-6,11,13,17H,3-4,7-10H2,1-2H3;1H. The van der Waals surface area contributed by atoms with Crippen LogP contribution in [0, 0.1) is 0 Å². The Labute approximate surface area is 144 Å². The smallest absolute Gasteiger partial charge is 0.244 e. The highest BCUT2D eigenvalue weighted by atomic mass is 35.5. The number of piperidine rings is 1. The van der Waals surface area contributed by atoms with E-state index in [1.165, 1.54) is 0 Å². The lowest BCUT2D eigenvalue weighted by atomic mass is 10.1. The molecule has 1 aliphatic heterocycles. The molecule has 0 aromatic heterocycles. The number of hydrogen-bond donors (Lipinski definition) is 1. The minimum absolute atomic E-state index is 0. The monoisotopic (exact) mass is 366 g/mol. The van der Waals surface area contributed by atoms with Gasteiger partial charge in [0.2, 0.25) is 10.0 Å². The molecule has 1 heterocycles. The molecule has 0 unspecified atom stereocenters. The topological polar surface area (TPSA) is 49.4 Å². The molecule has 0 atom stereocenters. The molecule has 7 heteroatoms. The molecular formula is C15H24Cl2N2O2S. The van der Waals surface area contributed by atoms with Crippen molar-refractivity contribution in [2.45, 2.75) is 43.5 Å². The molecule has 0 bridgehead atoms. The highest BCUT2D eigenvalue weighted by Crippen LogP contribution is 2.28. The molecular weight excluding hydrogens is 343 g/mol. The zero-order chi connectivity index (χ0) is 15.5. The van der Waals surface area contributed by atoms with Crippen molar-refractivity contribution < 1.29 is 8.42 Å². The van der Waals surface area contributed by atoms with Crippen molar-refractivity contribution in [1.29, 1.82) is 0 Å². The van der Waals surface area contributed by atoms with Crippen LogP contribution in [0.2, 0.25) is 5.02 Å². The zero-order valence-corrected chi connectivity index (χ0v) is 15.4. The second-order valence-corrected chi connectivity index (χ2v) is 7.80. The molecule has 1 fully saturated rings. The number of halogens is 2. The molecule has 1 aromatic carbocycles. The molecule has 0 radical (unpaired) electrons. The Bertz CT molecular complexity index is 585. The van der Waals surface area contributed by atoms with Gasteiger partial charge in [-0.05, 0) is 44.0 Å². The second kappa shape index (κ2) is 8.50. The van der Waals surface area contributed by atoms with Gasteiger partial charge >= 0.3 is 0 Å². The van der Waals surface area contributed by atoms with E-state index in [1.807, 2.05) is 13.1 Å². The third-order valence-corrected chi connectivity index (χ3v) is 6.39. The van der Waals surface area contributed by atoms with Crippen LogP contribution in [-0.2, 0) is 16.4 Å². The fourth-order valence-electron chi connectivity index (χ4n) is 2.71. The predicted molar refractivity (Wildman–Crippen MR) is 93.5 cm³/mol. The first-order chi connectivity index (χ1) is 9.98. The quantitative estimate of drug-likeness (QED) is 0.870. The molecule has 2 rings (SSSR count). The number of benzene rings is 1. The number of nitrogens with zero attached hydrogens (tertiary/aromatic N) is 1. The minimum atomic E-state index is -3.49. The first-order valence-corrected chi connectivity index (χ1v) is 9.26. The van der Waals surface area contributed by atoms with Crippen LogP contribution < -0.4 is 5.32 Å². The van der Waals surface area contributed by atoms with E-state index in [2.05, 4.69) is 12.2 Å². The Hall–Kier alpha value is -0.330. The van der Waals surface area contributed by atoms with E-state index in [0.717, 1.165) is 31.2 Å². The molecule has 1 aliphatic rings. The fraction of sp³-hybridized carbons (Fsp3) is 0.600. The summed E-state index contributed by atoms with van der Waals surface area (Å²) in [7, 11) is -1.57. The van der Waals surface area contributed by atoms with Gasteiger partial charge in [0.15, 0.2) is 0 Å². The van der Waals surface area contributed by atoms with Crippen molar-refractivity contribution in [3.05, 3.63) is 28.8 Å². The lowest BCUT2D eigenvalue weighted by molar-refractivity contribution is 0.298. The van der Waals surface area contributed by atoms with E-state index in [9.17, 15) is 8.42 Å². The summed E-state index contributed by atoms with van der Waals surface area (Å²) in [4.78, 5) is 0.248. The van der Waals surface area contributed by atoms with Gasteiger partial charge in [-0.2, -0.15) is 4.31 Å². The predicted octanol–water partition coefficient (Wildman–Crippen LogP) is 3.09. The lowest BCUT2D eigenvalue weighted by Crippen LogP contribution is -2.43. The highest BCUT2D eigenvalue weighted by Gasteiger charge is 2.30. The summed E-state index contributed by atoms with van der Waals surface area (Å²) in [6.45, 7) is 3.16. The number of hydrogen-bond acceptors (Lipinski definition) is 3. The van der Waals surface area contributed by atoms with Crippen LogP contribution in [0.25, 0.3) is 0 Å². The van der Waals surface area contributed by atoms with Crippen LogP contribution >= 0.6 is 24.0 Å². The number of aryl methyl sites for hydroxylation is 1. The highest BCUT2D eigenvalue weighted by molar-refractivity contribution is 7.89. The largest absolute Gasteiger partial charge is 0.317 e. The summed E-state index contributed by atoms with van der Waals surface area (Å²) in [5.74, 6) is 0. The Morgan fingerprint density at radius 3 is 2.50 bits per heavy atom. The SMILES string of the molecule is CCCc1ccc(Cl)c(S(=O)(=O)N2CCC(NC)CC2)c1.Cl. The van der Waals surface area contributed by atoms with Crippen LogP contribution in [-0.4, -0.2) is 38.9 Å². The molecule has 0 amide bonds. The van der Waals surface area contributed by atoms with Gasteiger partial charge in [-0.1, -0.05) is 31.0 Å². The molecule has 0 aliphatic carbocycles. The van der Waals surface area contributed by atoms with Crippen molar-refractivity contribution in [2.24, 2.45) is 0 Å². The molecule has 1 aromatic rings. The Balaban J connectivity index is 0.00000242. The van der Waals surface area contributed by atoms with Crippen LogP contribution in [0.1, 0.15) is 31.7 Å². The van der Waals surface area contributed by atoms with Crippen molar-refractivity contribution >= 4 is 34.0 Å². The van der Waals surface area contributed by atoms with Gasteiger partial charge in [0.05, 0.1) is 5.02 Å². The first kappa shape index (κ1) is 19.7. The maximum absolute atomic E-state index is 12.8. The molecule has 4 nitrogen and oxygen atoms in total. The van der Waals surface area contributed by atoms with Crippen molar-refractivity contribution in [1.82, 2.24) is 9.62 Å². The lowest BCUT2D eigenvalue weighted by Gasteiger charge is -2.31. The van der Waals surface area contributed by atoms with Crippen molar-refractivity contribution in [3.63, 3.8) is 0 Å². The maximum Gasteiger partial charge on any atom is 0.244 e. The minimum Gasteiger partial charge on any atom is -0.317 e. The van der Waals surface area contributed by atoms with Gasteiger partial charge in [-0.25, -0.2) is 8.42 Å². The van der Waals surface area contributed by atoms with Gasteiger partial charge in [-0.15, -0.1) is 12.4 Å². The van der Waals surface area contributed by atoms with Crippen LogP contribution in [0.5, 0.6) is 0 Å². The van der Waals surface area contributed by atoms with E-state index in [4.69, 9.17) is 11.6 Å². The summed E-state index contributed by atoms with van der Waals surface area (Å²) < 4.78 is 27.1. The van der Waals surface area contributed by atoms with E-state index >= 15 is 0 Å². The fourth-order valence-corrected chi connectivity index (χ4v) is 4.71. The summed E-state index contributed by atoms with van der Waals surface area (Å²) in [5.41, 5.74) is 1.02. The maximum atomic E-state index is 12.8. The van der Waals surface area contributed by atoms with E-state index in [0.29, 0.717) is 24.2 Å². The van der Waals surface area contributed by atoms with Crippen LogP contribution in [0.4, 0.5) is 0 Å². The average molecular weight is 367 g/mol. The summed E-state index contributed by atoms with van der Waals surface area (Å²) in [6.07, 6.45) is 3.51. The normalized spacial score (nSPS) is 17.2. The summed E-state index contributed by atoms with van der Waals surface area (Å²) >= 11 is 6.14. The molecule has 1 saturated heterocycles.